The number of carbonyl (C=O) groups is 1. The molecule has 32 heavy (non-hydrogen) atoms. The molecule has 0 aliphatic heterocycles. The number of anilines is 1. The highest BCUT2D eigenvalue weighted by Crippen LogP contribution is 2.38. The number of para-hydroxylation sites is 1. The van der Waals surface area contributed by atoms with Crippen LogP contribution in [0.4, 0.5) is 5.82 Å². The second-order valence-corrected chi connectivity index (χ2v) is 7.84. The van der Waals surface area contributed by atoms with Crippen LogP contribution in [0.1, 0.15) is 11.3 Å². The number of aromatic nitrogens is 3. The standard InChI is InChI=1S/C23H22N4O4S/c1-14-11-20(27(26-14)23-24-16-7-5-6-8-19(16)32-23)25-21(28)10-9-15-12-17(29-2)22(31-4)18(13-15)30-3/h5-13H,1-4H3,(H,25,28). The number of hydrogen-bond acceptors (Lipinski definition) is 7. The molecule has 0 saturated heterocycles. The largest absolute Gasteiger partial charge is 0.493 e. The van der Waals surface area contributed by atoms with Crippen molar-refractivity contribution in [3.8, 4) is 22.4 Å². The molecule has 0 aliphatic carbocycles. The Hall–Kier alpha value is -3.85. The van der Waals surface area contributed by atoms with Crippen LogP contribution < -0.4 is 19.5 Å². The Balaban J connectivity index is 1.57. The Morgan fingerprint density at radius 1 is 1.06 bits per heavy atom. The van der Waals surface area contributed by atoms with Crippen molar-refractivity contribution in [2.45, 2.75) is 6.92 Å². The third kappa shape index (κ3) is 4.28. The molecule has 1 amide bonds. The first kappa shape index (κ1) is 21.4. The van der Waals surface area contributed by atoms with Gasteiger partial charge in [-0.05, 0) is 42.8 Å². The van der Waals surface area contributed by atoms with Crippen LogP contribution in [0.15, 0.2) is 48.5 Å². The average molecular weight is 451 g/mol. The van der Waals surface area contributed by atoms with E-state index in [1.165, 1.54) is 17.4 Å². The van der Waals surface area contributed by atoms with Crippen molar-refractivity contribution in [3.05, 3.63) is 59.8 Å². The number of nitrogens with zero attached hydrogens (tertiary/aromatic N) is 3. The fraction of sp³-hybridized carbons (Fsp3) is 0.174. The van der Waals surface area contributed by atoms with Gasteiger partial charge in [-0.1, -0.05) is 23.5 Å². The second kappa shape index (κ2) is 9.11. The third-order valence-corrected chi connectivity index (χ3v) is 5.67. The maximum atomic E-state index is 12.6. The number of thiazole rings is 1. The first-order chi connectivity index (χ1) is 15.5. The monoisotopic (exact) mass is 450 g/mol. The highest BCUT2D eigenvalue weighted by Gasteiger charge is 2.15. The summed E-state index contributed by atoms with van der Waals surface area (Å²) < 4.78 is 18.7. The van der Waals surface area contributed by atoms with E-state index in [9.17, 15) is 4.79 Å². The molecule has 0 fully saturated rings. The van der Waals surface area contributed by atoms with Crippen LogP contribution in [-0.2, 0) is 4.79 Å². The number of methoxy groups -OCH3 is 3. The maximum Gasteiger partial charge on any atom is 0.249 e. The maximum absolute atomic E-state index is 12.6. The zero-order chi connectivity index (χ0) is 22.7. The zero-order valence-corrected chi connectivity index (χ0v) is 18.9. The van der Waals surface area contributed by atoms with Gasteiger partial charge >= 0.3 is 0 Å². The summed E-state index contributed by atoms with van der Waals surface area (Å²) in [6, 6.07) is 13.2. The summed E-state index contributed by atoms with van der Waals surface area (Å²) >= 11 is 1.51. The summed E-state index contributed by atoms with van der Waals surface area (Å²) in [5, 5.41) is 8.05. The first-order valence-corrected chi connectivity index (χ1v) is 10.6. The van der Waals surface area contributed by atoms with E-state index in [0.717, 1.165) is 21.5 Å². The normalized spacial score (nSPS) is 11.1. The minimum absolute atomic E-state index is 0.305. The molecular weight excluding hydrogens is 428 g/mol. The molecule has 4 rings (SSSR count). The lowest BCUT2D eigenvalue weighted by Gasteiger charge is -2.12. The molecular formula is C23H22N4O4S. The summed E-state index contributed by atoms with van der Waals surface area (Å²) in [6.07, 6.45) is 3.11. The average Bonchev–Trinajstić information content (AvgIpc) is 3.39. The molecule has 2 aromatic heterocycles. The van der Waals surface area contributed by atoms with Crippen molar-refractivity contribution in [2.24, 2.45) is 0 Å². The first-order valence-electron chi connectivity index (χ1n) is 9.74. The lowest BCUT2D eigenvalue weighted by atomic mass is 10.1. The van der Waals surface area contributed by atoms with Gasteiger partial charge in [-0.15, -0.1) is 0 Å². The van der Waals surface area contributed by atoms with E-state index in [0.29, 0.717) is 28.2 Å². The lowest BCUT2D eigenvalue weighted by Crippen LogP contribution is -2.12. The topological polar surface area (TPSA) is 87.5 Å². The SMILES string of the molecule is COc1cc(C=CC(=O)Nc2cc(C)nn2-c2nc3ccccc3s2)cc(OC)c1OC. The number of aryl methyl sites for hydroxylation is 1. The summed E-state index contributed by atoms with van der Waals surface area (Å²) in [5.41, 5.74) is 2.39. The molecule has 0 aliphatic rings. The quantitative estimate of drug-likeness (QED) is 0.418. The predicted octanol–water partition coefficient (Wildman–Crippen LogP) is 4.47. The molecule has 1 N–H and O–H groups in total. The molecule has 9 heteroatoms. The molecule has 2 heterocycles. The number of nitrogens with one attached hydrogen (secondary N) is 1. The van der Waals surface area contributed by atoms with E-state index in [4.69, 9.17) is 14.2 Å². The van der Waals surface area contributed by atoms with Crippen LogP contribution in [0.5, 0.6) is 17.2 Å². The van der Waals surface area contributed by atoms with Crippen LogP contribution in [0.25, 0.3) is 21.4 Å². The van der Waals surface area contributed by atoms with Gasteiger partial charge in [0.2, 0.25) is 16.8 Å². The lowest BCUT2D eigenvalue weighted by molar-refractivity contribution is -0.111. The van der Waals surface area contributed by atoms with E-state index in [1.807, 2.05) is 31.2 Å². The summed E-state index contributed by atoms with van der Waals surface area (Å²) in [7, 11) is 4.63. The van der Waals surface area contributed by atoms with Crippen molar-refractivity contribution >= 4 is 39.4 Å². The molecule has 0 bridgehead atoms. The molecule has 0 radical (unpaired) electrons. The van der Waals surface area contributed by atoms with Crippen molar-refractivity contribution < 1.29 is 19.0 Å². The number of ether oxygens (including phenoxy) is 3. The van der Waals surface area contributed by atoms with E-state index >= 15 is 0 Å². The van der Waals surface area contributed by atoms with Gasteiger partial charge in [-0.2, -0.15) is 9.78 Å². The minimum Gasteiger partial charge on any atom is -0.493 e. The van der Waals surface area contributed by atoms with Crippen molar-refractivity contribution in [1.82, 2.24) is 14.8 Å². The van der Waals surface area contributed by atoms with Gasteiger partial charge < -0.3 is 19.5 Å². The number of fused-ring (bicyclic) bond motifs is 1. The van der Waals surface area contributed by atoms with Crippen LogP contribution >= 0.6 is 11.3 Å². The predicted molar refractivity (Wildman–Crippen MR) is 125 cm³/mol. The second-order valence-electron chi connectivity index (χ2n) is 6.83. The fourth-order valence-electron chi connectivity index (χ4n) is 3.22. The number of benzene rings is 2. The van der Waals surface area contributed by atoms with Gasteiger partial charge in [0.1, 0.15) is 5.82 Å². The van der Waals surface area contributed by atoms with Gasteiger partial charge in [0, 0.05) is 12.1 Å². The molecule has 8 nitrogen and oxygen atoms in total. The van der Waals surface area contributed by atoms with Crippen LogP contribution in [-0.4, -0.2) is 42.0 Å². The highest BCUT2D eigenvalue weighted by atomic mass is 32.1. The Morgan fingerprint density at radius 3 is 2.44 bits per heavy atom. The van der Waals surface area contributed by atoms with Crippen molar-refractivity contribution in [3.63, 3.8) is 0 Å². The number of carbonyl (C=O) groups excluding carboxylic acids is 1. The highest BCUT2D eigenvalue weighted by molar-refractivity contribution is 7.20. The van der Waals surface area contributed by atoms with Crippen molar-refractivity contribution in [1.29, 1.82) is 0 Å². The minimum atomic E-state index is -0.305. The zero-order valence-electron chi connectivity index (χ0n) is 18.1. The molecule has 0 unspecified atom stereocenters. The summed E-state index contributed by atoms with van der Waals surface area (Å²) in [5.74, 6) is 1.75. The smallest absolute Gasteiger partial charge is 0.249 e. The Morgan fingerprint density at radius 2 is 1.78 bits per heavy atom. The number of hydrogen-bond donors (Lipinski definition) is 1. The third-order valence-electron chi connectivity index (χ3n) is 4.66. The molecule has 2 aromatic carbocycles. The van der Waals surface area contributed by atoms with Gasteiger partial charge in [0.25, 0.3) is 0 Å². The Labute approximate surface area is 189 Å². The summed E-state index contributed by atoms with van der Waals surface area (Å²) in [6.45, 7) is 1.87. The van der Waals surface area contributed by atoms with Gasteiger partial charge in [0.15, 0.2) is 11.5 Å². The van der Waals surface area contributed by atoms with E-state index in [-0.39, 0.29) is 5.91 Å². The van der Waals surface area contributed by atoms with Gasteiger partial charge in [0.05, 0.1) is 37.2 Å². The van der Waals surface area contributed by atoms with Crippen LogP contribution in [0.3, 0.4) is 0 Å². The van der Waals surface area contributed by atoms with Crippen LogP contribution in [0.2, 0.25) is 0 Å². The van der Waals surface area contributed by atoms with E-state index < -0.39 is 0 Å². The van der Waals surface area contributed by atoms with Gasteiger partial charge in [-0.25, -0.2) is 4.98 Å². The fourth-order valence-corrected chi connectivity index (χ4v) is 4.15. The Bertz CT molecular complexity index is 1250. The van der Waals surface area contributed by atoms with E-state index in [2.05, 4.69) is 15.4 Å². The van der Waals surface area contributed by atoms with Crippen LogP contribution in [0, 0.1) is 6.92 Å². The number of rotatable bonds is 7. The summed E-state index contributed by atoms with van der Waals surface area (Å²) in [4.78, 5) is 17.3. The molecule has 0 saturated carbocycles. The molecule has 4 aromatic rings. The Kier molecular flexibility index (Phi) is 6.09. The molecule has 0 spiro atoms. The number of amides is 1. The van der Waals surface area contributed by atoms with Gasteiger partial charge in [-0.3, -0.25) is 4.79 Å². The molecule has 164 valence electrons. The van der Waals surface area contributed by atoms with Crippen molar-refractivity contribution in [2.75, 3.05) is 26.6 Å². The van der Waals surface area contributed by atoms with E-state index in [1.54, 1.807) is 50.3 Å². The molecule has 0 atom stereocenters.